The van der Waals surface area contributed by atoms with Crippen LogP contribution in [0.4, 0.5) is 5.95 Å². The highest BCUT2D eigenvalue weighted by atomic mass is 32.2. The first-order chi connectivity index (χ1) is 14.5. The third-order valence-corrected chi connectivity index (χ3v) is 5.99. The van der Waals surface area contributed by atoms with Crippen LogP contribution in [0.25, 0.3) is 0 Å². The normalized spacial score (nSPS) is 11.1. The minimum atomic E-state index is -0.146. The Hall–Kier alpha value is -2.43. The molecule has 10 heteroatoms. The third kappa shape index (κ3) is 6.82. The fourth-order valence-electron chi connectivity index (χ4n) is 2.67. The molecule has 0 radical (unpaired) electrons. The number of nitrogens with one attached hydrogen (secondary N) is 2. The highest BCUT2D eigenvalue weighted by Gasteiger charge is 2.06. The summed E-state index contributed by atoms with van der Waals surface area (Å²) in [6.07, 6.45) is 3.78. The van der Waals surface area contributed by atoms with Crippen LogP contribution < -0.4 is 15.6 Å². The molecule has 0 amide bonds. The Morgan fingerprint density at radius 3 is 2.83 bits per heavy atom. The zero-order chi connectivity index (χ0) is 21.3. The minimum absolute atomic E-state index is 0.146. The summed E-state index contributed by atoms with van der Waals surface area (Å²) in [4.78, 5) is 30.4. The lowest BCUT2D eigenvalue weighted by Crippen LogP contribution is -2.18. The number of methoxy groups -OCH3 is 1. The van der Waals surface area contributed by atoms with Crippen LogP contribution in [0.3, 0.4) is 0 Å². The molecule has 3 heterocycles. The van der Waals surface area contributed by atoms with E-state index in [0.29, 0.717) is 30.4 Å². The van der Waals surface area contributed by atoms with Crippen molar-refractivity contribution >= 4 is 29.0 Å². The standard InChI is InChI=1S/C20H26N6O2S2/c1-26(2)11-18-24-16(13-30-18)12-29-7-6-21-20-23-10-15(19(27)25-20)8-14-4-5-17(28-3)22-9-14/h4-5,9-10,13H,6-8,11-12H2,1-3H3,(H2,21,23,25,27). The molecular formula is C20H26N6O2S2. The van der Waals surface area contributed by atoms with E-state index in [-0.39, 0.29) is 5.56 Å². The van der Waals surface area contributed by atoms with Gasteiger partial charge in [-0.1, -0.05) is 6.07 Å². The second-order valence-electron chi connectivity index (χ2n) is 6.92. The first-order valence-electron chi connectivity index (χ1n) is 9.50. The molecule has 3 aromatic heterocycles. The van der Waals surface area contributed by atoms with Gasteiger partial charge in [-0.05, 0) is 19.7 Å². The number of rotatable bonds is 11. The van der Waals surface area contributed by atoms with Crippen molar-refractivity contribution in [3.05, 3.63) is 62.1 Å². The van der Waals surface area contributed by atoms with E-state index >= 15 is 0 Å². The van der Waals surface area contributed by atoms with Gasteiger partial charge < -0.3 is 15.0 Å². The number of hydrogen-bond donors (Lipinski definition) is 2. The lowest BCUT2D eigenvalue weighted by atomic mass is 10.1. The van der Waals surface area contributed by atoms with E-state index in [0.717, 1.165) is 34.3 Å². The molecule has 0 aliphatic rings. The molecule has 3 aromatic rings. The van der Waals surface area contributed by atoms with Crippen LogP contribution in [-0.4, -0.2) is 58.3 Å². The largest absolute Gasteiger partial charge is 0.481 e. The quantitative estimate of drug-likeness (QED) is 0.434. The first kappa shape index (κ1) is 22.3. The molecule has 0 bridgehead atoms. The summed E-state index contributed by atoms with van der Waals surface area (Å²) in [5.41, 5.74) is 2.49. The van der Waals surface area contributed by atoms with Gasteiger partial charge in [0.25, 0.3) is 5.56 Å². The summed E-state index contributed by atoms with van der Waals surface area (Å²) >= 11 is 3.50. The van der Waals surface area contributed by atoms with Gasteiger partial charge in [0, 0.05) is 60.4 Å². The monoisotopic (exact) mass is 446 g/mol. The fourth-order valence-corrected chi connectivity index (χ4v) is 4.43. The van der Waals surface area contributed by atoms with E-state index in [9.17, 15) is 4.79 Å². The van der Waals surface area contributed by atoms with E-state index in [4.69, 9.17) is 4.74 Å². The molecule has 8 nitrogen and oxygen atoms in total. The number of thiazole rings is 1. The Morgan fingerprint density at radius 2 is 2.13 bits per heavy atom. The lowest BCUT2D eigenvalue weighted by Gasteiger charge is -2.07. The molecule has 0 aliphatic heterocycles. The predicted molar refractivity (Wildman–Crippen MR) is 123 cm³/mol. The smallest absolute Gasteiger partial charge is 0.255 e. The number of thioether (sulfide) groups is 1. The van der Waals surface area contributed by atoms with Crippen molar-refractivity contribution in [3.8, 4) is 5.88 Å². The van der Waals surface area contributed by atoms with Gasteiger partial charge in [-0.15, -0.1) is 11.3 Å². The molecule has 0 unspecified atom stereocenters. The number of ether oxygens (including phenoxy) is 1. The van der Waals surface area contributed by atoms with Crippen molar-refractivity contribution in [1.29, 1.82) is 0 Å². The lowest BCUT2D eigenvalue weighted by molar-refractivity contribution is 0.397. The summed E-state index contributed by atoms with van der Waals surface area (Å²) in [7, 11) is 5.66. The summed E-state index contributed by atoms with van der Waals surface area (Å²) in [6.45, 7) is 1.59. The minimum Gasteiger partial charge on any atom is -0.481 e. The van der Waals surface area contributed by atoms with Crippen LogP contribution in [-0.2, 0) is 18.7 Å². The highest BCUT2D eigenvalue weighted by Crippen LogP contribution is 2.16. The van der Waals surface area contributed by atoms with Crippen molar-refractivity contribution in [3.63, 3.8) is 0 Å². The van der Waals surface area contributed by atoms with Crippen LogP contribution >= 0.6 is 23.1 Å². The molecule has 0 saturated carbocycles. The van der Waals surface area contributed by atoms with Gasteiger partial charge in [0.2, 0.25) is 11.8 Å². The topological polar surface area (TPSA) is 96.0 Å². The number of hydrogen-bond acceptors (Lipinski definition) is 9. The van der Waals surface area contributed by atoms with Gasteiger partial charge in [-0.3, -0.25) is 9.78 Å². The molecule has 0 saturated heterocycles. The maximum Gasteiger partial charge on any atom is 0.255 e. The summed E-state index contributed by atoms with van der Waals surface area (Å²) in [5.74, 6) is 2.81. The Bertz CT molecular complexity index is 987. The number of pyridine rings is 1. The number of H-pyrrole nitrogens is 1. The third-order valence-electron chi connectivity index (χ3n) is 4.11. The second-order valence-corrected chi connectivity index (χ2v) is 8.97. The molecule has 0 atom stereocenters. The second kappa shape index (κ2) is 11.1. The summed E-state index contributed by atoms with van der Waals surface area (Å²) in [6, 6.07) is 3.67. The van der Waals surface area contributed by atoms with Crippen molar-refractivity contribution < 1.29 is 4.74 Å². The van der Waals surface area contributed by atoms with E-state index < -0.39 is 0 Å². The van der Waals surface area contributed by atoms with Crippen LogP contribution in [0.5, 0.6) is 5.88 Å². The first-order valence-corrected chi connectivity index (χ1v) is 11.5. The molecule has 160 valence electrons. The Morgan fingerprint density at radius 1 is 1.27 bits per heavy atom. The van der Waals surface area contributed by atoms with E-state index in [1.165, 1.54) is 0 Å². The van der Waals surface area contributed by atoms with E-state index in [2.05, 4.69) is 35.5 Å². The number of nitrogens with zero attached hydrogens (tertiary/aromatic N) is 4. The van der Waals surface area contributed by atoms with Gasteiger partial charge in [0.05, 0.1) is 12.8 Å². The molecule has 0 aliphatic carbocycles. The Balaban J connectivity index is 1.42. The zero-order valence-electron chi connectivity index (χ0n) is 17.3. The fraction of sp³-hybridized carbons (Fsp3) is 0.400. The molecule has 0 aromatic carbocycles. The predicted octanol–water partition coefficient (Wildman–Crippen LogP) is 2.63. The van der Waals surface area contributed by atoms with Crippen molar-refractivity contribution in [2.24, 2.45) is 0 Å². The van der Waals surface area contributed by atoms with Crippen molar-refractivity contribution in [2.75, 3.05) is 38.8 Å². The molecule has 2 N–H and O–H groups in total. The molecule has 30 heavy (non-hydrogen) atoms. The molecule has 0 spiro atoms. The summed E-state index contributed by atoms with van der Waals surface area (Å²) in [5, 5.41) is 6.43. The maximum atomic E-state index is 12.3. The van der Waals surface area contributed by atoms with Crippen molar-refractivity contribution in [1.82, 2.24) is 24.8 Å². The molecule has 0 fully saturated rings. The zero-order valence-corrected chi connectivity index (χ0v) is 19.0. The highest BCUT2D eigenvalue weighted by molar-refractivity contribution is 7.98. The van der Waals surface area contributed by atoms with Gasteiger partial charge in [0.15, 0.2) is 0 Å². The number of anilines is 1. The maximum absolute atomic E-state index is 12.3. The van der Waals surface area contributed by atoms with Crippen LogP contribution in [0.15, 0.2) is 34.7 Å². The van der Waals surface area contributed by atoms with Crippen molar-refractivity contribution in [2.45, 2.75) is 18.7 Å². The summed E-state index contributed by atoms with van der Waals surface area (Å²) < 4.78 is 5.05. The van der Waals surface area contributed by atoms with Crippen LogP contribution in [0, 0.1) is 0 Å². The molecular weight excluding hydrogens is 420 g/mol. The Kier molecular flexibility index (Phi) is 8.23. The average Bonchev–Trinajstić information content (AvgIpc) is 3.16. The van der Waals surface area contributed by atoms with E-state index in [1.807, 2.05) is 20.2 Å². The van der Waals surface area contributed by atoms with Gasteiger partial charge in [-0.25, -0.2) is 15.0 Å². The number of aromatic nitrogens is 4. The Labute approximate surface area is 184 Å². The van der Waals surface area contributed by atoms with E-state index in [1.54, 1.807) is 48.7 Å². The van der Waals surface area contributed by atoms with Gasteiger partial charge in [0.1, 0.15) is 5.01 Å². The SMILES string of the molecule is COc1ccc(Cc2cnc(NCCSCc3csc(CN(C)C)n3)[nH]c2=O)cn1. The number of aromatic amines is 1. The van der Waals surface area contributed by atoms with Gasteiger partial charge >= 0.3 is 0 Å². The van der Waals surface area contributed by atoms with Crippen LogP contribution in [0.2, 0.25) is 0 Å². The van der Waals surface area contributed by atoms with Gasteiger partial charge in [-0.2, -0.15) is 11.8 Å². The molecule has 3 rings (SSSR count). The van der Waals surface area contributed by atoms with Crippen LogP contribution in [0.1, 0.15) is 21.8 Å². The average molecular weight is 447 g/mol.